The first-order chi connectivity index (χ1) is 21.8. The monoisotopic (exact) mass is 695 g/mol. The molecule has 0 N–H and O–H groups in total. The summed E-state index contributed by atoms with van der Waals surface area (Å²) in [5.41, 5.74) is 2.65. The highest BCUT2D eigenvalue weighted by atomic mass is 31.1. The molecule has 0 amide bonds. The Morgan fingerprint density at radius 3 is 0.792 bits per heavy atom. The van der Waals surface area contributed by atoms with Crippen molar-refractivity contribution in [2.45, 2.75) is 145 Å². The lowest BCUT2D eigenvalue weighted by Gasteiger charge is -2.62. The Morgan fingerprint density at radius 2 is 0.604 bits per heavy atom. The molecule has 12 saturated carbocycles. The van der Waals surface area contributed by atoms with Crippen molar-refractivity contribution in [1.29, 1.82) is 0 Å². The molecule has 12 aliphatic carbocycles. The van der Waals surface area contributed by atoms with Crippen LogP contribution in [0, 0.1) is 92.7 Å². The van der Waals surface area contributed by atoms with E-state index in [0.29, 0.717) is 21.7 Å². The van der Waals surface area contributed by atoms with Gasteiger partial charge in [-0.3, -0.25) is 0 Å². The number of hydrogen-bond acceptors (Lipinski definition) is 0. The maximum Gasteiger partial charge on any atom is 0.0814 e. The number of fused-ring (bicyclic) bond motifs is 8. The normalized spacial score (nSPS) is 45.8. The SMILES string of the molecule is B.B.CC1(C)C2CCC(CP(CCCCP(CC3CCC4CC3C4(C)C)CC3CC[C@H]4C[C@@H]3C4(C)C)CC3CC[C@H]4C[C@@H]3C4(C)C)C1C2. The van der Waals surface area contributed by atoms with Crippen LogP contribution in [0.5, 0.6) is 0 Å². The molecule has 0 aromatic carbocycles. The first-order valence-electron chi connectivity index (χ1n) is 21.2. The maximum atomic E-state index is 2.65. The Bertz CT molecular complexity index is 939. The molecule has 0 aromatic rings. The van der Waals surface area contributed by atoms with Gasteiger partial charge in [-0.2, -0.15) is 0 Å². The lowest BCUT2D eigenvalue weighted by atomic mass is 9.46. The van der Waals surface area contributed by atoms with Crippen LogP contribution in [0.25, 0.3) is 0 Å². The standard InChI is InChI=1S/C44H76P2.2BH3/c1-41(2)33-15-11-29(37(41)21-33)25-45(26-30-12-16-34-22-38(30)42(34,3)4)19-9-10-20-46(27-31-13-17-35-23-39(31)43(35,5)6)28-32-14-18-36-24-40(32)44(36,7)8;;/h29-40H,9-28H2,1-8H3;2*1H3/t29?,30?,31?,32?,33-,34?,35-,36?,37-,38?,39-,40?,45?,46?;;/m0../s1. The second-order valence-electron chi connectivity index (χ2n) is 22.0. The van der Waals surface area contributed by atoms with Crippen LogP contribution in [0.2, 0.25) is 0 Å². The molecule has 274 valence electrons. The molecule has 0 spiro atoms. The van der Waals surface area contributed by atoms with E-state index in [2.05, 4.69) is 55.4 Å². The first-order valence-corrected chi connectivity index (χ1v) is 25.0. The van der Waals surface area contributed by atoms with Crippen LogP contribution in [0.1, 0.15) is 145 Å². The quantitative estimate of drug-likeness (QED) is 0.102. The van der Waals surface area contributed by atoms with E-state index >= 15 is 0 Å². The molecule has 14 atom stereocenters. The molecule has 0 saturated heterocycles. The van der Waals surface area contributed by atoms with Gasteiger partial charge in [-0.1, -0.05) is 55.4 Å². The van der Waals surface area contributed by atoms with Crippen molar-refractivity contribution in [3.63, 3.8) is 0 Å². The molecular weight excluding hydrogens is 612 g/mol. The summed E-state index contributed by atoms with van der Waals surface area (Å²) in [5, 5.41) is 0. The third kappa shape index (κ3) is 6.46. The highest BCUT2D eigenvalue weighted by molar-refractivity contribution is 7.58. The van der Waals surface area contributed by atoms with Gasteiger partial charge in [0.15, 0.2) is 0 Å². The van der Waals surface area contributed by atoms with Gasteiger partial charge >= 0.3 is 0 Å². The van der Waals surface area contributed by atoms with E-state index in [9.17, 15) is 0 Å². The number of unbranched alkanes of at least 4 members (excludes halogenated alkanes) is 1. The lowest BCUT2D eigenvalue weighted by Crippen LogP contribution is -2.54. The van der Waals surface area contributed by atoms with Gasteiger partial charge in [0.1, 0.15) is 0 Å². The molecule has 12 fully saturated rings. The van der Waals surface area contributed by atoms with Gasteiger partial charge in [0, 0.05) is 0 Å². The van der Waals surface area contributed by atoms with Gasteiger partial charge in [0.25, 0.3) is 0 Å². The number of rotatable bonds is 13. The maximum absolute atomic E-state index is 2.65. The summed E-state index contributed by atoms with van der Waals surface area (Å²) < 4.78 is 0. The van der Waals surface area contributed by atoms with Crippen molar-refractivity contribution in [2.75, 3.05) is 37.0 Å². The van der Waals surface area contributed by atoms with E-state index in [1.165, 1.54) is 0 Å². The Labute approximate surface area is 306 Å². The van der Waals surface area contributed by atoms with Gasteiger partial charge in [-0.15, -0.1) is 15.8 Å². The third-order valence-corrected chi connectivity index (χ3v) is 25.0. The fourth-order valence-electron chi connectivity index (χ4n) is 15.2. The Kier molecular flexibility index (Phi) is 11.3. The third-order valence-electron chi connectivity index (χ3n) is 19.2. The van der Waals surface area contributed by atoms with Crippen LogP contribution in [0.3, 0.4) is 0 Å². The van der Waals surface area contributed by atoms with Crippen LogP contribution in [0.15, 0.2) is 0 Å². The van der Waals surface area contributed by atoms with Crippen LogP contribution in [0.4, 0.5) is 0 Å². The first kappa shape index (κ1) is 38.7. The summed E-state index contributed by atoms with van der Waals surface area (Å²) in [6.45, 7) is 21.2. The molecule has 0 radical (unpaired) electrons. The summed E-state index contributed by atoms with van der Waals surface area (Å²) in [6, 6.07) is 0. The van der Waals surface area contributed by atoms with Gasteiger partial charge in [0.05, 0.1) is 16.8 Å². The smallest absolute Gasteiger partial charge is 0.0814 e. The predicted octanol–water partition coefficient (Wildman–Crippen LogP) is 10.7. The van der Waals surface area contributed by atoms with Crippen molar-refractivity contribution < 1.29 is 0 Å². The van der Waals surface area contributed by atoms with Crippen LogP contribution < -0.4 is 0 Å². The van der Waals surface area contributed by atoms with Crippen LogP contribution >= 0.6 is 15.8 Å². The van der Waals surface area contributed by atoms with Crippen molar-refractivity contribution in [3.8, 4) is 0 Å². The van der Waals surface area contributed by atoms with E-state index in [1.54, 1.807) is 127 Å². The second-order valence-corrected chi connectivity index (χ2v) is 27.1. The number of hydrogen-bond donors (Lipinski definition) is 0. The fraction of sp³-hybridized carbons (Fsp3) is 1.00. The minimum absolute atomic E-state index is 0. The minimum Gasteiger partial charge on any atom is -0.106 e. The summed E-state index contributed by atoms with van der Waals surface area (Å²) in [5.74, 6) is 12.8. The lowest BCUT2D eigenvalue weighted by molar-refractivity contribution is -0.0996. The van der Waals surface area contributed by atoms with Gasteiger partial charge in [0.2, 0.25) is 0 Å². The Hall–Kier alpha value is 0.990. The summed E-state index contributed by atoms with van der Waals surface area (Å²) in [4.78, 5) is 0. The van der Waals surface area contributed by atoms with E-state index in [4.69, 9.17) is 0 Å². The van der Waals surface area contributed by atoms with E-state index in [1.807, 2.05) is 0 Å². The summed E-state index contributed by atoms with van der Waals surface area (Å²) in [7, 11) is 0.446. The molecule has 4 heteroatoms. The zero-order chi connectivity index (χ0) is 32.2. The Balaban J connectivity index is 0.00000201. The Morgan fingerprint density at radius 1 is 0.375 bits per heavy atom. The van der Waals surface area contributed by atoms with Crippen LogP contribution in [-0.2, 0) is 0 Å². The molecule has 0 aromatic heterocycles. The minimum atomic E-state index is 0. The van der Waals surface area contributed by atoms with Crippen molar-refractivity contribution >= 4 is 32.7 Å². The average molecular weight is 695 g/mol. The van der Waals surface area contributed by atoms with Crippen LogP contribution in [-0.4, -0.2) is 53.8 Å². The molecule has 12 rings (SSSR count). The predicted molar refractivity (Wildman–Crippen MR) is 225 cm³/mol. The topological polar surface area (TPSA) is 0 Å². The zero-order valence-corrected chi connectivity index (χ0v) is 33.8. The van der Waals surface area contributed by atoms with Gasteiger partial charge in [-0.05, 0) is 220 Å². The van der Waals surface area contributed by atoms with Gasteiger partial charge < -0.3 is 0 Å². The molecule has 10 unspecified atom stereocenters. The highest BCUT2D eigenvalue weighted by Gasteiger charge is 2.58. The van der Waals surface area contributed by atoms with Crippen molar-refractivity contribution in [2.24, 2.45) is 92.7 Å². The van der Waals surface area contributed by atoms with Crippen molar-refractivity contribution in [1.82, 2.24) is 0 Å². The van der Waals surface area contributed by atoms with E-state index in [0.717, 1.165) is 71.0 Å². The highest BCUT2D eigenvalue weighted by Crippen LogP contribution is 2.68. The van der Waals surface area contributed by atoms with E-state index in [-0.39, 0.29) is 32.7 Å². The molecule has 12 aliphatic rings. The molecule has 8 bridgehead atoms. The average Bonchev–Trinajstić information content (AvgIpc) is 3.02. The second kappa shape index (κ2) is 14.0. The molecule has 0 nitrogen and oxygen atoms in total. The fourth-order valence-corrected chi connectivity index (χ4v) is 22.0. The molecular formula is C44H82B2P2. The molecule has 0 aliphatic heterocycles. The van der Waals surface area contributed by atoms with Crippen molar-refractivity contribution in [3.05, 3.63) is 0 Å². The largest absolute Gasteiger partial charge is 0.106 e. The molecule has 0 heterocycles. The van der Waals surface area contributed by atoms with Gasteiger partial charge in [-0.25, -0.2) is 0 Å². The summed E-state index contributed by atoms with van der Waals surface area (Å²) >= 11 is 0. The molecule has 48 heavy (non-hydrogen) atoms. The van der Waals surface area contributed by atoms with E-state index < -0.39 is 0 Å². The zero-order valence-electron chi connectivity index (χ0n) is 32.0. The summed E-state index contributed by atoms with van der Waals surface area (Å²) in [6.07, 6.45) is 32.0.